The van der Waals surface area contributed by atoms with Crippen LogP contribution in [0.3, 0.4) is 0 Å². The van der Waals surface area contributed by atoms with E-state index in [0.29, 0.717) is 17.1 Å². The minimum atomic E-state index is 0.208. The number of rotatable bonds is 5. The van der Waals surface area contributed by atoms with Crippen LogP contribution in [0.2, 0.25) is 0 Å². The Morgan fingerprint density at radius 2 is 1.86 bits per heavy atom. The molecule has 0 aromatic rings. The molecule has 0 aromatic heterocycles. The second kappa shape index (κ2) is 7.22. The number of hydrogen-bond donors (Lipinski definition) is 1. The van der Waals surface area contributed by atoms with Gasteiger partial charge < -0.3 is 5.11 Å². The van der Waals surface area contributed by atoms with E-state index < -0.39 is 0 Å². The average molecular weight is 381 g/mol. The quantitative estimate of drug-likeness (QED) is 0.513. The van der Waals surface area contributed by atoms with Gasteiger partial charge in [-0.15, -0.1) is 0 Å². The van der Waals surface area contributed by atoms with Crippen molar-refractivity contribution < 1.29 is 5.11 Å². The van der Waals surface area contributed by atoms with Crippen LogP contribution < -0.4 is 0 Å². The van der Waals surface area contributed by atoms with E-state index in [0.717, 1.165) is 30.6 Å². The largest absolute Gasteiger partial charge is 0.512 e. The van der Waals surface area contributed by atoms with E-state index in [9.17, 15) is 5.11 Å². The van der Waals surface area contributed by atoms with Crippen LogP contribution in [0.15, 0.2) is 46.8 Å². The molecule has 0 unspecified atom stereocenters. The van der Waals surface area contributed by atoms with Crippen LogP contribution in [0.1, 0.15) is 86.0 Å². The van der Waals surface area contributed by atoms with Crippen molar-refractivity contribution in [1.29, 1.82) is 0 Å². The zero-order valence-corrected chi connectivity index (χ0v) is 18.7. The van der Waals surface area contributed by atoms with Gasteiger partial charge in [-0.2, -0.15) is 0 Å². The van der Waals surface area contributed by atoms with Crippen LogP contribution in [-0.4, -0.2) is 5.11 Å². The molecule has 4 aliphatic carbocycles. The van der Waals surface area contributed by atoms with Crippen molar-refractivity contribution >= 4 is 0 Å². The van der Waals surface area contributed by atoms with E-state index in [1.54, 1.807) is 11.1 Å². The molecule has 154 valence electrons. The second-order valence-corrected chi connectivity index (χ2v) is 11.1. The summed E-state index contributed by atoms with van der Waals surface area (Å²) in [4.78, 5) is 0. The van der Waals surface area contributed by atoms with Crippen LogP contribution in [0.5, 0.6) is 0 Å². The predicted molar refractivity (Wildman–Crippen MR) is 119 cm³/mol. The van der Waals surface area contributed by atoms with Gasteiger partial charge in [0.15, 0.2) is 0 Å². The molecule has 0 radical (unpaired) electrons. The zero-order valence-electron chi connectivity index (χ0n) is 18.7. The molecule has 5 atom stereocenters. The van der Waals surface area contributed by atoms with Crippen LogP contribution in [-0.2, 0) is 0 Å². The summed E-state index contributed by atoms with van der Waals surface area (Å²) < 4.78 is 0. The highest BCUT2D eigenvalue weighted by molar-refractivity contribution is 5.51. The van der Waals surface area contributed by atoms with Gasteiger partial charge in [0.2, 0.25) is 0 Å². The lowest BCUT2D eigenvalue weighted by Crippen LogP contribution is -2.42. The molecule has 0 bridgehead atoms. The van der Waals surface area contributed by atoms with Crippen molar-refractivity contribution in [3.63, 3.8) is 0 Å². The Labute approximate surface area is 172 Å². The molecule has 28 heavy (non-hydrogen) atoms. The molecule has 0 amide bonds. The SMILES string of the molecule is CC(C)CCC[C@@H](C)[C@H]1CC=C2C3=CC=C4CC(O)=CC[C@]4(C)[C@H]3CC[C@@]21C. The van der Waals surface area contributed by atoms with E-state index >= 15 is 0 Å². The van der Waals surface area contributed by atoms with Gasteiger partial charge in [-0.25, -0.2) is 0 Å². The molecule has 0 saturated heterocycles. The first-order valence-corrected chi connectivity index (χ1v) is 11.8. The monoisotopic (exact) mass is 380 g/mol. The zero-order chi connectivity index (χ0) is 20.1. The number of hydrogen-bond acceptors (Lipinski definition) is 1. The molecule has 1 N–H and O–H groups in total. The maximum absolute atomic E-state index is 10.0. The molecule has 1 saturated carbocycles. The Kier molecular flexibility index (Phi) is 5.17. The first-order valence-electron chi connectivity index (χ1n) is 11.8. The van der Waals surface area contributed by atoms with Gasteiger partial charge in [0.05, 0.1) is 5.76 Å². The third-order valence-corrected chi connectivity index (χ3v) is 8.88. The van der Waals surface area contributed by atoms with E-state index in [-0.39, 0.29) is 5.41 Å². The lowest BCUT2D eigenvalue weighted by atomic mass is 9.52. The summed E-state index contributed by atoms with van der Waals surface area (Å²) in [6, 6.07) is 0. The Balaban J connectivity index is 1.55. The standard InChI is InChI=1S/C27H40O/c1-18(2)7-6-8-19(3)23-11-12-24-22-10-9-20-17-21(28)13-15-26(20,4)25(22)14-16-27(23,24)5/h9-10,12-13,18-19,23,25,28H,6-8,11,14-17H2,1-5H3/t19-,23-,25+,26+,27-/m1/s1. The Bertz CT molecular complexity index is 748. The summed E-state index contributed by atoms with van der Waals surface area (Å²) in [5, 5.41) is 10.0. The topological polar surface area (TPSA) is 20.2 Å². The Morgan fingerprint density at radius 3 is 2.61 bits per heavy atom. The third kappa shape index (κ3) is 3.14. The smallest absolute Gasteiger partial charge is 0.0923 e. The molecule has 1 nitrogen and oxygen atoms in total. The number of allylic oxidation sites excluding steroid dienone is 7. The van der Waals surface area contributed by atoms with Crippen molar-refractivity contribution in [1.82, 2.24) is 0 Å². The summed E-state index contributed by atoms with van der Waals surface area (Å²) in [6.45, 7) is 12.2. The predicted octanol–water partition coefficient (Wildman–Crippen LogP) is 7.92. The van der Waals surface area contributed by atoms with E-state index in [2.05, 4.69) is 58.9 Å². The van der Waals surface area contributed by atoms with Crippen LogP contribution in [0.25, 0.3) is 0 Å². The summed E-state index contributed by atoms with van der Waals surface area (Å²) in [5.41, 5.74) is 5.33. The van der Waals surface area contributed by atoms with Crippen LogP contribution >= 0.6 is 0 Å². The van der Waals surface area contributed by atoms with E-state index in [1.165, 1.54) is 44.1 Å². The van der Waals surface area contributed by atoms with Crippen molar-refractivity contribution in [3.8, 4) is 0 Å². The molecule has 1 fully saturated rings. The van der Waals surface area contributed by atoms with E-state index in [1.807, 2.05) is 0 Å². The molecule has 1 heteroatoms. The molecule has 0 aromatic carbocycles. The van der Waals surface area contributed by atoms with Gasteiger partial charge in [-0.3, -0.25) is 0 Å². The molecular formula is C27H40O. The fourth-order valence-electron chi connectivity index (χ4n) is 7.01. The lowest BCUT2D eigenvalue weighted by molar-refractivity contribution is 0.116. The van der Waals surface area contributed by atoms with Crippen molar-refractivity contribution in [3.05, 3.63) is 46.8 Å². The average Bonchev–Trinajstić information content (AvgIpc) is 2.99. The van der Waals surface area contributed by atoms with Gasteiger partial charge in [0, 0.05) is 6.42 Å². The summed E-state index contributed by atoms with van der Waals surface area (Å²) >= 11 is 0. The van der Waals surface area contributed by atoms with Crippen molar-refractivity contribution in [2.75, 3.05) is 0 Å². The lowest BCUT2D eigenvalue weighted by Gasteiger charge is -2.52. The maximum Gasteiger partial charge on any atom is 0.0923 e. The van der Waals surface area contributed by atoms with Crippen LogP contribution in [0.4, 0.5) is 0 Å². The van der Waals surface area contributed by atoms with Gasteiger partial charge in [-0.05, 0) is 77.4 Å². The van der Waals surface area contributed by atoms with Crippen molar-refractivity contribution in [2.24, 2.45) is 34.5 Å². The number of fused-ring (bicyclic) bond motifs is 5. The minimum Gasteiger partial charge on any atom is -0.512 e. The fourth-order valence-corrected chi connectivity index (χ4v) is 7.01. The van der Waals surface area contributed by atoms with Gasteiger partial charge in [-0.1, -0.05) is 77.7 Å². The Morgan fingerprint density at radius 1 is 1.07 bits per heavy atom. The van der Waals surface area contributed by atoms with Gasteiger partial charge >= 0.3 is 0 Å². The minimum absolute atomic E-state index is 0.208. The number of aliphatic hydroxyl groups is 1. The molecule has 4 rings (SSSR count). The normalized spacial score (nSPS) is 37.9. The second-order valence-electron chi connectivity index (χ2n) is 11.1. The molecule has 0 spiro atoms. The summed E-state index contributed by atoms with van der Waals surface area (Å²) in [6.07, 6.45) is 19.2. The molecule has 0 aliphatic heterocycles. The fraction of sp³-hybridized carbons (Fsp3) is 0.704. The summed E-state index contributed by atoms with van der Waals surface area (Å²) in [7, 11) is 0. The highest BCUT2D eigenvalue weighted by Gasteiger charge is 2.53. The van der Waals surface area contributed by atoms with Gasteiger partial charge in [0.1, 0.15) is 0 Å². The summed E-state index contributed by atoms with van der Waals surface area (Å²) in [5.74, 6) is 3.65. The van der Waals surface area contributed by atoms with Crippen molar-refractivity contribution in [2.45, 2.75) is 86.0 Å². The maximum atomic E-state index is 10.0. The first-order chi connectivity index (χ1) is 13.3. The van der Waals surface area contributed by atoms with E-state index in [4.69, 9.17) is 0 Å². The number of aliphatic hydroxyl groups excluding tert-OH is 1. The highest BCUT2D eigenvalue weighted by Crippen LogP contribution is 2.63. The third-order valence-electron chi connectivity index (χ3n) is 8.88. The molecular weight excluding hydrogens is 340 g/mol. The molecule has 0 heterocycles. The Hall–Kier alpha value is -1.24. The van der Waals surface area contributed by atoms with Crippen LogP contribution in [0, 0.1) is 34.5 Å². The van der Waals surface area contributed by atoms with Gasteiger partial charge in [0.25, 0.3) is 0 Å². The highest BCUT2D eigenvalue weighted by atomic mass is 16.3. The molecule has 4 aliphatic rings. The first kappa shape index (κ1) is 20.0.